The Morgan fingerprint density at radius 1 is 0.909 bits per heavy atom. The second kappa shape index (κ2) is 7.78. The molecule has 10 atom stereocenters. The fourth-order valence-electron chi connectivity index (χ4n) is 10.1. The van der Waals surface area contributed by atoms with Crippen LogP contribution in [0.3, 0.4) is 0 Å². The zero-order valence-electron chi connectivity index (χ0n) is 21.0. The van der Waals surface area contributed by atoms with Crippen LogP contribution in [0.2, 0.25) is 0 Å². The molecular formula is C28H44N2O3. The topological polar surface area (TPSA) is 60.9 Å². The summed E-state index contributed by atoms with van der Waals surface area (Å²) in [5, 5.41) is 11.0. The number of nitrogens with zero attached hydrogens (tertiary/aromatic N) is 2. The summed E-state index contributed by atoms with van der Waals surface area (Å²) in [7, 11) is 0. The Morgan fingerprint density at radius 2 is 1.61 bits per heavy atom. The van der Waals surface area contributed by atoms with Crippen molar-refractivity contribution < 1.29 is 14.7 Å². The fraction of sp³-hybridized carbons (Fsp3) is 0.929. The molecule has 0 radical (unpaired) electrons. The van der Waals surface area contributed by atoms with Crippen molar-refractivity contribution in [2.45, 2.75) is 77.7 Å². The molecule has 1 N–H and O–H groups in total. The van der Waals surface area contributed by atoms with Gasteiger partial charge in [0.2, 0.25) is 5.91 Å². The monoisotopic (exact) mass is 456 g/mol. The first-order valence-electron chi connectivity index (χ1n) is 14.0. The van der Waals surface area contributed by atoms with Gasteiger partial charge in [0.25, 0.3) is 0 Å². The van der Waals surface area contributed by atoms with Crippen LogP contribution in [0.25, 0.3) is 0 Å². The first-order chi connectivity index (χ1) is 15.7. The maximum Gasteiger partial charge on any atom is 0.219 e. The number of rotatable bonds is 3. The molecule has 6 rings (SSSR count). The number of ketones is 1. The van der Waals surface area contributed by atoms with Crippen LogP contribution in [0.1, 0.15) is 72.1 Å². The van der Waals surface area contributed by atoms with Gasteiger partial charge in [0.05, 0.1) is 12.1 Å². The molecule has 5 saturated carbocycles. The maximum atomic E-state index is 13.6. The van der Waals surface area contributed by atoms with E-state index in [-0.39, 0.29) is 22.8 Å². The number of aliphatic hydroxyl groups is 1. The molecule has 5 heteroatoms. The lowest BCUT2D eigenvalue weighted by atomic mass is 9.49. The lowest BCUT2D eigenvalue weighted by Crippen LogP contribution is -2.52. The molecule has 5 nitrogen and oxygen atoms in total. The molecule has 0 aromatic heterocycles. The van der Waals surface area contributed by atoms with Gasteiger partial charge in [-0.05, 0) is 98.2 Å². The Balaban J connectivity index is 1.12. The van der Waals surface area contributed by atoms with Gasteiger partial charge in [-0.15, -0.1) is 0 Å². The van der Waals surface area contributed by atoms with Crippen LogP contribution >= 0.6 is 0 Å². The van der Waals surface area contributed by atoms with E-state index in [1.165, 1.54) is 38.5 Å². The molecule has 0 bridgehead atoms. The number of amides is 1. The molecule has 1 unspecified atom stereocenters. The zero-order chi connectivity index (χ0) is 23.1. The molecule has 184 valence electrons. The number of hydrogen-bond donors (Lipinski definition) is 1. The Hall–Kier alpha value is -0.940. The number of carbonyl (C=O) groups excluding carboxylic acids is 2. The van der Waals surface area contributed by atoms with Gasteiger partial charge >= 0.3 is 0 Å². The first-order valence-corrected chi connectivity index (χ1v) is 14.0. The minimum atomic E-state index is -0.321. The number of fused-ring (bicyclic) bond motifs is 7. The molecule has 0 spiro atoms. The molecule has 0 aromatic carbocycles. The van der Waals surface area contributed by atoms with E-state index in [0.29, 0.717) is 24.2 Å². The number of carbonyl (C=O) groups is 2. The van der Waals surface area contributed by atoms with Crippen molar-refractivity contribution in [2.75, 3.05) is 32.7 Å². The normalized spacial score (nSPS) is 51.2. The Morgan fingerprint density at radius 3 is 2.30 bits per heavy atom. The quantitative estimate of drug-likeness (QED) is 0.705. The molecule has 0 aromatic rings. The maximum absolute atomic E-state index is 13.6. The summed E-state index contributed by atoms with van der Waals surface area (Å²) in [6.45, 7) is 10.2. The smallest absolute Gasteiger partial charge is 0.219 e. The van der Waals surface area contributed by atoms with Crippen molar-refractivity contribution in [1.29, 1.82) is 0 Å². The van der Waals surface area contributed by atoms with Crippen molar-refractivity contribution in [3.63, 3.8) is 0 Å². The van der Waals surface area contributed by atoms with Gasteiger partial charge in [-0.3, -0.25) is 14.5 Å². The van der Waals surface area contributed by atoms with Crippen LogP contribution in [0.4, 0.5) is 0 Å². The van der Waals surface area contributed by atoms with Gasteiger partial charge in [-0.25, -0.2) is 0 Å². The lowest BCUT2D eigenvalue weighted by molar-refractivity contribution is -0.134. The molecule has 6 fully saturated rings. The van der Waals surface area contributed by atoms with Crippen LogP contribution in [-0.4, -0.2) is 64.9 Å². The lowest BCUT2D eigenvalue weighted by Gasteiger charge is -2.56. The van der Waals surface area contributed by atoms with E-state index in [0.717, 1.165) is 68.6 Å². The predicted octanol–water partition coefficient (Wildman–Crippen LogP) is 3.60. The largest absolute Gasteiger partial charge is 0.389 e. The summed E-state index contributed by atoms with van der Waals surface area (Å²) in [5.41, 5.74) is -0.134. The predicted molar refractivity (Wildman–Crippen MR) is 127 cm³/mol. The SMILES string of the molecule is CC(=O)N1CCN(CC(=O)[C@H]2CC[C@H]3[C@@H]4CC[C@H]5C6C[C@@]6(O)[C@@H](C)C[C@@H]5[C@H]4CC[C@]23C)CC1. The first kappa shape index (κ1) is 22.5. The van der Waals surface area contributed by atoms with Crippen LogP contribution in [-0.2, 0) is 9.59 Å². The summed E-state index contributed by atoms with van der Waals surface area (Å²) in [6.07, 6.45) is 9.80. The number of Topliss-reactive ketones (excluding diaryl/α,β-unsaturated/α-hetero) is 1. The van der Waals surface area contributed by atoms with E-state index in [2.05, 4.69) is 18.7 Å². The number of piperazine rings is 1. The van der Waals surface area contributed by atoms with Crippen molar-refractivity contribution in [3.8, 4) is 0 Å². The standard InChI is InChI=1S/C28H44N2O3/c1-17-14-22-19-8-9-27(3)23(20(19)4-5-21(22)25-15-28(17,25)33)6-7-24(27)26(32)16-29-10-12-30(13-11-29)18(2)31/h17,19-25,33H,4-16H2,1-3H3/t17-,19-,20+,21+,22+,23-,24+,25?,27-,28+/m0/s1. The summed E-state index contributed by atoms with van der Waals surface area (Å²) >= 11 is 0. The van der Waals surface area contributed by atoms with Crippen molar-refractivity contribution in [3.05, 3.63) is 0 Å². The third kappa shape index (κ3) is 3.38. The highest BCUT2D eigenvalue weighted by Gasteiger charge is 2.67. The van der Waals surface area contributed by atoms with Crippen molar-refractivity contribution in [1.82, 2.24) is 9.80 Å². The molecular weight excluding hydrogens is 412 g/mol. The summed E-state index contributed by atoms with van der Waals surface area (Å²) in [5.74, 6) is 5.85. The van der Waals surface area contributed by atoms with E-state index in [1.807, 2.05) is 4.90 Å². The highest BCUT2D eigenvalue weighted by atomic mass is 16.3. The highest BCUT2D eigenvalue weighted by molar-refractivity contribution is 5.84. The van der Waals surface area contributed by atoms with Crippen LogP contribution in [0, 0.1) is 52.8 Å². The van der Waals surface area contributed by atoms with Crippen LogP contribution in [0.15, 0.2) is 0 Å². The highest BCUT2D eigenvalue weighted by Crippen LogP contribution is 2.69. The third-order valence-electron chi connectivity index (χ3n) is 12.0. The Labute approximate surface area is 199 Å². The Bertz CT molecular complexity index is 822. The summed E-state index contributed by atoms with van der Waals surface area (Å²) in [6, 6.07) is 0. The van der Waals surface area contributed by atoms with Gasteiger partial charge in [0, 0.05) is 39.0 Å². The Kier molecular flexibility index (Phi) is 5.31. The van der Waals surface area contributed by atoms with Crippen molar-refractivity contribution in [2.24, 2.45) is 52.8 Å². The minimum Gasteiger partial charge on any atom is -0.389 e. The summed E-state index contributed by atoms with van der Waals surface area (Å²) in [4.78, 5) is 29.4. The molecule has 1 aliphatic heterocycles. The van der Waals surface area contributed by atoms with E-state index < -0.39 is 0 Å². The molecule has 1 saturated heterocycles. The molecule has 1 amide bonds. The molecule has 1 heterocycles. The van der Waals surface area contributed by atoms with E-state index in [4.69, 9.17) is 0 Å². The van der Waals surface area contributed by atoms with E-state index in [9.17, 15) is 14.7 Å². The molecule has 5 aliphatic carbocycles. The van der Waals surface area contributed by atoms with Crippen LogP contribution < -0.4 is 0 Å². The third-order valence-corrected chi connectivity index (χ3v) is 12.0. The van der Waals surface area contributed by atoms with E-state index >= 15 is 0 Å². The molecule has 33 heavy (non-hydrogen) atoms. The average Bonchev–Trinajstić information content (AvgIpc) is 3.37. The van der Waals surface area contributed by atoms with E-state index in [1.54, 1.807) is 6.92 Å². The number of hydrogen-bond acceptors (Lipinski definition) is 4. The molecule has 6 aliphatic rings. The summed E-state index contributed by atoms with van der Waals surface area (Å²) < 4.78 is 0. The van der Waals surface area contributed by atoms with Gasteiger partial charge in [-0.2, -0.15) is 0 Å². The average molecular weight is 457 g/mol. The van der Waals surface area contributed by atoms with Crippen molar-refractivity contribution >= 4 is 11.7 Å². The van der Waals surface area contributed by atoms with Crippen LogP contribution in [0.5, 0.6) is 0 Å². The minimum absolute atomic E-state index is 0.150. The zero-order valence-corrected chi connectivity index (χ0v) is 21.0. The second-order valence-corrected chi connectivity index (χ2v) is 13.2. The van der Waals surface area contributed by atoms with Gasteiger partial charge in [-0.1, -0.05) is 13.8 Å². The van der Waals surface area contributed by atoms with Gasteiger partial charge in [0.15, 0.2) is 0 Å². The van der Waals surface area contributed by atoms with Gasteiger partial charge < -0.3 is 10.0 Å². The second-order valence-electron chi connectivity index (χ2n) is 13.2. The van der Waals surface area contributed by atoms with Gasteiger partial charge in [0.1, 0.15) is 5.78 Å². The fourth-order valence-corrected chi connectivity index (χ4v) is 10.1.